The van der Waals surface area contributed by atoms with Gasteiger partial charge in [-0.15, -0.1) is 0 Å². The average Bonchev–Trinajstić information content (AvgIpc) is 3.26. The molecule has 2 aromatic carbocycles. The molecule has 0 saturated heterocycles. The van der Waals surface area contributed by atoms with E-state index in [9.17, 15) is 22.8 Å². The number of benzene rings is 2. The maximum absolute atomic E-state index is 13.4. The van der Waals surface area contributed by atoms with Crippen LogP contribution in [0, 0.1) is 0 Å². The molecule has 5 rings (SSSR count). The Kier molecular flexibility index (Phi) is 5.58. The monoisotopic (exact) mass is 491 g/mol. The van der Waals surface area contributed by atoms with Gasteiger partial charge in [0.25, 0.3) is 11.5 Å². The Balaban J connectivity index is 1.63. The van der Waals surface area contributed by atoms with Crippen LogP contribution in [-0.4, -0.2) is 25.2 Å². The Morgan fingerprint density at radius 2 is 1.78 bits per heavy atom. The summed E-state index contributed by atoms with van der Waals surface area (Å²) in [5, 5.41) is 8.11. The van der Waals surface area contributed by atoms with Crippen LogP contribution < -0.4 is 10.9 Å². The van der Waals surface area contributed by atoms with Crippen molar-refractivity contribution in [3.8, 4) is 5.69 Å². The van der Waals surface area contributed by atoms with E-state index in [2.05, 4.69) is 15.4 Å². The zero-order valence-electron chi connectivity index (χ0n) is 19.2. The number of nitrogens with one attached hydrogen (secondary N) is 1. The maximum atomic E-state index is 13.4. The molecule has 10 heteroatoms. The van der Waals surface area contributed by atoms with E-state index >= 15 is 0 Å². The Morgan fingerprint density at radius 1 is 1.03 bits per heavy atom. The minimum atomic E-state index is -4.49. The molecule has 36 heavy (non-hydrogen) atoms. The number of hydrogen-bond acceptors (Lipinski definition) is 4. The molecule has 0 saturated carbocycles. The van der Waals surface area contributed by atoms with Gasteiger partial charge in [-0.3, -0.25) is 23.8 Å². The smallest absolute Gasteiger partial charge is 0.344 e. The second-order valence-corrected chi connectivity index (χ2v) is 8.43. The minimum absolute atomic E-state index is 0.268. The number of alkyl halides is 3. The van der Waals surface area contributed by atoms with Gasteiger partial charge >= 0.3 is 6.18 Å². The summed E-state index contributed by atoms with van der Waals surface area (Å²) in [5.74, 6) is -0.341. The Morgan fingerprint density at radius 3 is 2.44 bits per heavy atom. The van der Waals surface area contributed by atoms with E-state index in [-0.39, 0.29) is 23.0 Å². The molecular weight excluding hydrogens is 471 g/mol. The summed E-state index contributed by atoms with van der Waals surface area (Å²) in [7, 11) is 1.67. The number of fused-ring (bicyclic) bond motifs is 3. The highest BCUT2D eigenvalue weighted by atomic mass is 19.4. The topological polar surface area (TPSA) is 81.8 Å². The molecule has 182 valence electrons. The van der Waals surface area contributed by atoms with E-state index in [1.807, 2.05) is 19.1 Å². The highest BCUT2D eigenvalue weighted by Crippen LogP contribution is 2.31. The van der Waals surface area contributed by atoms with Crippen LogP contribution in [0.25, 0.3) is 27.5 Å². The van der Waals surface area contributed by atoms with E-state index in [1.165, 1.54) is 21.4 Å². The number of halogens is 3. The number of carbonyl (C=O) groups is 1. The first kappa shape index (κ1) is 23.3. The van der Waals surface area contributed by atoms with Gasteiger partial charge in [0.15, 0.2) is 0 Å². The largest absolute Gasteiger partial charge is 0.416 e. The SMILES string of the molecule is C[C@H](NC(=O)c1ccc2c(c1)c1nn(C)cc1c(=O)n2-c1ccc(C(F)(F)F)cc1)c1ccccn1. The number of nitrogens with zero attached hydrogens (tertiary/aromatic N) is 4. The van der Waals surface area contributed by atoms with Crippen molar-refractivity contribution in [3.05, 3.63) is 100 Å². The molecule has 1 atom stereocenters. The molecule has 3 heterocycles. The quantitative estimate of drug-likeness (QED) is 0.392. The van der Waals surface area contributed by atoms with Crippen molar-refractivity contribution >= 4 is 27.7 Å². The fourth-order valence-corrected chi connectivity index (χ4v) is 4.18. The lowest BCUT2D eigenvalue weighted by Gasteiger charge is -2.15. The van der Waals surface area contributed by atoms with E-state index in [1.54, 1.807) is 43.7 Å². The zero-order chi connectivity index (χ0) is 25.6. The van der Waals surface area contributed by atoms with E-state index in [0.29, 0.717) is 27.7 Å². The molecule has 0 radical (unpaired) electrons. The third-order valence-electron chi connectivity index (χ3n) is 5.95. The van der Waals surface area contributed by atoms with Gasteiger partial charge in [0.1, 0.15) is 5.52 Å². The molecule has 0 unspecified atom stereocenters. The Bertz CT molecular complexity index is 1660. The first-order valence-electron chi connectivity index (χ1n) is 11.0. The van der Waals surface area contributed by atoms with Crippen LogP contribution in [0.15, 0.2) is 77.9 Å². The van der Waals surface area contributed by atoms with Crippen LogP contribution in [0.1, 0.15) is 34.6 Å². The van der Waals surface area contributed by atoms with Gasteiger partial charge in [-0.05, 0) is 61.5 Å². The summed E-state index contributed by atoms with van der Waals surface area (Å²) in [6, 6.07) is 14.3. The first-order chi connectivity index (χ1) is 17.1. The molecule has 0 fully saturated rings. The van der Waals surface area contributed by atoms with Crippen molar-refractivity contribution in [1.29, 1.82) is 0 Å². The minimum Gasteiger partial charge on any atom is -0.344 e. The fraction of sp³-hybridized carbons (Fsp3) is 0.154. The molecule has 0 bridgehead atoms. The molecular formula is C26H20F3N5O2. The van der Waals surface area contributed by atoms with Crippen molar-refractivity contribution in [2.45, 2.75) is 19.1 Å². The second kappa shape index (κ2) is 8.63. The number of aryl methyl sites for hydroxylation is 1. The van der Waals surface area contributed by atoms with Gasteiger partial charge < -0.3 is 5.32 Å². The van der Waals surface area contributed by atoms with Crippen molar-refractivity contribution < 1.29 is 18.0 Å². The van der Waals surface area contributed by atoms with Crippen LogP contribution in [0.5, 0.6) is 0 Å². The highest BCUT2D eigenvalue weighted by molar-refractivity contribution is 6.07. The van der Waals surface area contributed by atoms with Gasteiger partial charge in [-0.1, -0.05) is 6.07 Å². The van der Waals surface area contributed by atoms with E-state index in [0.717, 1.165) is 12.1 Å². The normalized spacial score (nSPS) is 12.7. The third-order valence-corrected chi connectivity index (χ3v) is 5.95. The van der Waals surface area contributed by atoms with Crippen LogP contribution in [0.2, 0.25) is 0 Å². The number of hydrogen-bond donors (Lipinski definition) is 1. The van der Waals surface area contributed by atoms with Gasteiger partial charge in [-0.25, -0.2) is 0 Å². The molecule has 0 spiro atoms. The first-order valence-corrected chi connectivity index (χ1v) is 11.0. The van der Waals surface area contributed by atoms with Crippen molar-refractivity contribution in [1.82, 2.24) is 24.6 Å². The lowest BCUT2D eigenvalue weighted by Crippen LogP contribution is -2.27. The average molecular weight is 491 g/mol. The molecule has 0 aliphatic heterocycles. The van der Waals surface area contributed by atoms with Crippen molar-refractivity contribution in [2.75, 3.05) is 0 Å². The zero-order valence-corrected chi connectivity index (χ0v) is 19.2. The summed E-state index contributed by atoms with van der Waals surface area (Å²) >= 11 is 0. The number of amides is 1. The molecule has 0 aliphatic carbocycles. The summed E-state index contributed by atoms with van der Waals surface area (Å²) in [4.78, 5) is 30.6. The second-order valence-electron chi connectivity index (χ2n) is 8.43. The van der Waals surface area contributed by atoms with Crippen LogP contribution >= 0.6 is 0 Å². The summed E-state index contributed by atoms with van der Waals surface area (Å²) in [6.07, 6.45) is -1.30. The molecule has 0 aliphatic rings. The maximum Gasteiger partial charge on any atom is 0.416 e. The van der Waals surface area contributed by atoms with Crippen LogP contribution in [-0.2, 0) is 13.2 Å². The predicted molar refractivity (Wildman–Crippen MR) is 129 cm³/mol. The number of carbonyl (C=O) groups excluding carboxylic acids is 1. The number of rotatable bonds is 4. The Labute approximate surface area is 202 Å². The van der Waals surface area contributed by atoms with Crippen molar-refractivity contribution in [3.63, 3.8) is 0 Å². The van der Waals surface area contributed by atoms with E-state index < -0.39 is 17.3 Å². The Hall–Kier alpha value is -4.47. The predicted octanol–water partition coefficient (Wildman–Crippen LogP) is 4.78. The molecule has 1 N–H and O–H groups in total. The summed E-state index contributed by atoms with van der Waals surface area (Å²) in [6.45, 7) is 1.82. The third kappa shape index (κ3) is 4.10. The lowest BCUT2D eigenvalue weighted by molar-refractivity contribution is -0.137. The lowest BCUT2D eigenvalue weighted by atomic mass is 10.1. The van der Waals surface area contributed by atoms with Gasteiger partial charge in [-0.2, -0.15) is 18.3 Å². The van der Waals surface area contributed by atoms with Gasteiger partial charge in [0.2, 0.25) is 0 Å². The highest BCUT2D eigenvalue weighted by Gasteiger charge is 2.30. The van der Waals surface area contributed by atoms with Gasteiger partial charge in [0, 0.05) is 36.1 Å². The van der Waals surface area contributed by atoms with Gasteiger partial charge in [0.05, 0.1) is 28.2 Å². The fourth-order valence-electron chi connectivity index (χ4n) is 4.18. The summed E-state index contributed by atoms with van der Waals surface area (Å²) < 4.78 is 42.0. The van der Waals surface area contributed by atoms with Crippen LogP contribution in [0.4, 0.5) is 13.2 Å². The standard InChI is InChI=1S/C26H20F3N5O2/c1-15(21-5-3-4-12-30-21)31-24(35)16-6-11-22-19(13-16)23-20(14-33(2)32-23)25(36)34(22)18-9-7-17(8-10-18)26(27,28)29/h3-15H,1-2H3,(H,31,35)/t15-/m0/s1. The van der Waals surface area contributed by atoms with Crippen molar-refractivity contribution in [2.24, 2.45) is 7.05 Å². The van der Waals surface area contributed by atoms with Crippen LogP contribution in [0.3, 0.4) is 0 Å². The summed E-state index contributed by atoms with van der Waals surface area (Å²) in [5.41, 5.74) is 0.890. The molecule has 5 aromatic rings. The number of pyridine rings is 2. The van der Waals surface area contributed by atoms with E-state index in [4.69, 9.17) is 0 Å². The molecule has 7 nitrogen and oxygen atoms in total. The number of aromatic nitrogens is 4. The molecule has 1 amide bonds. The molecule has 3 aromatic heterocycles.